The number of carbonyl (C=O) groups is 2. The van der Waals surface area contributed by atoms with Crippen LogP contribution >= 0.6 is 0 Å². The van der Waals surface area contributed by atoms with E-state index in [1.165, 1.54) is 4.72 Å². The second kappa shape index (κ2) is 5.97. The normalized spacial score (nSPS) is 14.2. The van der Waals surface area contributed by atoms with E-state index in [4.69, 9.17) is 10.2 Å². The minimum Gasteiger partial charge on any atom is -0.481 e. The van der Waals surface area contributed by atoms with Crippen LogP contribution in [0.2, 0.25) is 0 Å². The molecule has 0 fully saturated rings. The summed E-state index contributed by atoms with van der Waals surface area (Å²) < 4.78 is 59.5. The average molecular weight is 294 g/mol. The van der Waals surface area contributed by atoms with Crippen molar-refractivity contribution in [3.63, 3.8) is 0 Å². The molecule has 0 aromatic rings. The van der Waals surface area contributed by atoms with Gasteiger partial charge in [-0.1, -0.05) is 0 Å². The number of nitrogens with one attached hydrogen (secondary N) is 2. The lowest BCUT2D eigenvalue weighted by molar-refractivity contribution is -0.145. The van der Waals surface area contributed by atoms with Gasteiger partial charge in [0.1, 0.15) is 12.6 Å². The lowest BCUT2D eigenvalue weighted by atomic mass is 10.2. The van der Waals surface area contributed by atoms with Gasteiger partial charge in [0.15, 0.2) is 0 Å². The van der Waals surface area contributed by atoms with E-state index in [2.05, 4.69) is 0 Å². The Morgan fingerprint density at radius 1 is 1.22 bits per heavy atom. The quantitative estimate of drug-likeness (QED) is 0.471. The van der Waals surface area contributed by atoms with Crippen molar-refractivity contribution in [2.75, 3.05) is 6.54 Å². The first kappa shape index (κ1) is 16.6. The second-order valence-corrected chi connectivity index (χ2v) is 4.58. The van der Waals surface area contributed by atoms with Crippen molar-refractivity contribution >= 4 is 22.1 Å². The van der Waals surface area contributed by atoms with Crippen molar-refractivity contribution in [2.45, 2.75) is 18.6 Å². The molecule has 106 valence electrons. The fourth-order valence-electron chi connectivity index (χ4n) is 0.760. The zero-order valence-corrected chi connectivity index (χ0v) is 9.38. The van der Waals surface area contributed by atoms with E-state index < -0.39 is 47.3 Å². The number of hydrogen-bond acceptors (Lipinski definition) is 4. The molecule has 0 aliphatic carbocycles. The molecule has 4 N–H and O–H groups in total. The van der Waals surface area contributed by atoms with Crippen molar-refractivity contribution in [1.29, 1.82) is 0 Å². The Morgan fingerprint density at radius 2 is 1.72 bits per heavy atom. The number of halogens is 3. The first-order chi connectivity index (χ1) is 7.93. The Bertz CT molecular complexity index is 420. The molecular weight excluding hydrogens is 285 g/mol. The number of hydrogen-bond donors (Lipinski definition) is 4. The number of aliphatic carboxylic acids is 2. The van der Waals surface area contributed by atoms with Crippen molar-refractivity contribution in [1.82, 2.24) is 9.44 Å². The van der Waals surface area contributed by atoms with Gasteiger partial charge in [-0.05, 0) is 0 Å². The molecule has 0 heterocycles. The number of carboxylic acids is 2. The molecule has 0 saturated heterocycles. The lowest BCUT2D eigenvalue weighted by Gasteiger charge is -2.14. The highest BCUT2D eigenvalue weighted by atomic mass is 32.2. The van der Waals surface area contributed by atoms with E-state index in [0.717, 1.165) is 4.72 Å². The maximum Gasteiger partial charge on any atom is 0.402 e. The summed E-state index contributed by atoms with van der Waals surface area (Å²) in [6.45, 7) is -1.90. The SMILES string of the molecule is O=C(O)C[C@H](NS(=O)(=O)NCC(F)(F)F)C(=O)O. The molecule has 0 unspecified atom stereocenters. The first-order valence-corrected chi connectivity index (χ1v) is 5.69. The van der Waals surface area contributed by atoms with Crippen molar-refractivity contribution < 1.29 is 41.4 Å². The highest BCUT2D eigenvalue weighted by molar-refractivity contribution is 7.87. The molecule has 0 rings (SSSR count). The number of rotatable bonds is 7. The van der Waals surface area contributed by atoms with Gasteiger partial charge >= 0.3 is 18.1 Å². The maximum atomic E-state index is 11.7. The fourth-order valence-corrected chi connectivity index (χ4v) is 1.76. The van der Waals surface area contributed by atoms with Crippen LogP contribution in [0.4, 0.5) is 13.2 Å². The lowest BCUT2D eigenvalue weighted by Crippen LogP contribution is -2.49. The van der Waals surface area contributed by atoms with E-state index in [1.54, 1.807) is 0 Å². The minimum atomic E-state index is -4.82. The summed E-state index contributed by atoms with van der Waals surface area (Å²) in [6, 6.07) is -2.06. The van der Waals surface area contributed by atoms with Gasteiger partial charge in [-0.3, -0.25) is 9.59 Å². The smallest absolute Gasteiger partial charge is 0.402 e. The maximum absolute atomic E-state index is 11.7. The van der Waals surface area contributed by atoms with E-state index in [0.29, 0.717) is 0 Å². The summed E-state index contributed by atoms with van der Waals surface area (Å²) in [4.78, 5) is 20.7. The molecule has 0 aromatic carbocycles. The molecule has 0 radical (unpaired) electrons. The average Bonchev–Trinajstić information content (AvgIpc) is 2.11. The van der Waals surface area contributed by atoms with Gasteiger partial charge in [0, 0.05) is 0 Å². The Labute approximate surface area is 99.0 Å². The van der Waals surface area contributed by atoms with Gasteiger partial charge in [-0.2, -0.15) is 31.0 Å². The number of alkyl halides is 3. The molecule has 18 heavy (non-hydrogen) atoms. The summed E-state index contributed by atoms with van der Waals surface area (Å²) >= 11 is 0. The summed E-state index contributed by atoms with van der Waals surface area (Å²) in [6.07, 6.45) is -5.93. The molecule has 0 aliphatic rings. The second-order valence-electron chi connectivity index (χ2n) is 3.05. The van der Waals surface area contributed by atoms with Gasteiger partial charge in [0.05, 0.1) is 6.42 Å². The molecule has 0 aromatic heterocycles. The third-order valence-electron chi connectivity index (χ3n) is 1.44. The first-order valence-electron chi connectivity index (χ1n) is 4.21. The van der Waals surface area contributed by atoms with Crippen LogP contribution in [-0.4, -0.2) is 49.3 Å². The van der Waals surface area contributed by atoms with Gasteiger partial charge < -0.3 is 10.2 Å². The summed E-state index contributed by atoms with van der Waals surface area (Å²) in [5.41, 5.74) is 0. The van der Waals surface area contributed by atoms with Crippen LogP contribution in [0.25, 0.3) is 0 Å². The third-order valence-corrected chi connectivity index (χ3v) is 2.56. The van der Waals surface area contributed by atoms with Crippen LogP contribution in [0.3, 0.4) is 0 Å². The Kier molecular flexibility index (Phi) is 5.51. The van der Waals surface area contributed by atoms with Gasteiger partial charge in [-0.15, -0.1) is 0 Å². The molecule has 0 bridgehead atoms. The number of carboxylic acid groups (broad SMARTS) is 2. The van der Waals surface area contributed by atoms with Gasteiger partial charge in [-0.25, -0.2) is 0 Å². The Balaban J connectivity index is 4.62. The predicted octanol–water partition coefficient (Wildman–Crippen LogP) is -1.10. The van der Waals surface area contributed by atoms with Crippen LogP contribution in [0.15, 0.2) is 0 Å². The molecule has 1 atom stereocenters. The Hall–Kier alpha value is -1.40. The van der Waals surface area contributed by atoms with Crippen molar-refractivity contribution in [2.24, 2.45) is 0 Å². The molecule has 8 nitrogen and oxygen atoms in total. The largest absolute Gasteiger partial charge is 0.481 e. The van der Waals surface area contributed by atoms with Crippen molar-refractivity contribution in [3.8, 4) is 0 Å². The van der Waals surface area contributed by atoms with E-state index >= 15 is 0 Å². The standard InChI is InChI=1S/C6H9F3N2O6S/c7-6(8,9)2-10-18(16,17)11-3(5(14)15)1-4(12)13/h3,10-11H,1-2H2,(H,12,13)(H,14,15)/t3-/m0/s1. The minimum absolute atomic E-state index is 1.04. The van der Waals surface area contributed by atoms with E-state index in [-0.39, 0.29) is 0 Å². The monoisotopic (exact) mass is 294 g/mol. The molecule has 12 heteroatoms. The highest BCUT2D eigenvalue weighted by Gasteiger charge is 2.32. The molecular formula is C6H9F3N2O6S. The topological polar surface area (TPSA) is 133 Å². The van der Waals surface area contributed by atoms with Crippen LogP contribution in [0.5, 0.6) is 0 Å². The zero-order valence-electron chi connectivity index (χ0n) is 8.56. The van der Waals surface area contributed by atoms with Crippen LogP contribution in [0, 0.1) is 0 Å². The predicted molar refractivity (Wildman–Crippen MR) is 49.8 cm³/mol. The van der Waals surface area contributed by atoms with E-state index in [1.807, 2.05) is 0 Å². The fraction of sp³-hybridized carbons (Fsp3) is 0.667. The van der Waals surface area contributed by atoms with Crippen LogP contribution in [-0.2, 0) is 19.8 Å². The molecule has 0 spiro atoms. The van der Waals surface area contributed by atoms with Crippen LogP contribution in [0.1, 0.15) is 6.42 Å². The van der Waals surface area contributed by atoms with E-state index in [9.17, 15) is 31.2 Å². The van der Waals surface area contributed by atoms with Gasteiger partial charge in [0.2, 0.25) is 0 Å². The zero-order chi connectivity index (χ0) is 14.6. The van der Waals surface area contributed by atoms with Crippen LogP contribution < -0.4 is 9.44 Å². The Morgan fingerprint density at radius 3 is 2.06 bits per heavy atom. The highest BCUT2D eigenvalue weighted by Crippen LogP contribution is 2.12. The third kappa shape index (κ3) is 7.81. The summed E-state index contributed by atoms with van der Waals surface area (Å²) in [5, 5.41) is 16.8. The van der Waals surface area contributed by atoms with Crippen molar-refractivity contribution in [3.05, 3.63) is 0 Å². The molecule has 0 aliphatic heterocycles. The molecule has 0 saturated carbocycles. The summed E-state index contributed by atoms with van der Waals surface area (Å²) in [5.74, 6) is -3.45. The summed E-state index contributed by atoms with van der Waals surface area (Å²) in [7, 11) is -4.77. The van der Waals surface area contributed by atoms with Gasteiger partial charge in [0.25, 0.3) is 10.2 Å². The molecule has 0 amide bonds.